The SMILES string of the molecule is CCCOc1cncc(C(=O)OC)c1. The van der Waals surface area contributed by atoms with Crippen molar-refractivity contribution in [2.24, 2.45) is 0 Å². The van der Waals surface area contributed by atoms with E-state index in [9.17, 15) is 4.79 Å². The molecule has 1 aromatic rings. The fourth-order valence-electron chi connectivity index (χ4n) is 0.947. The van der Waals surface area contributed by atoms with Gasteiger partial charge in [-0.2, -0.15) is 0 Å². The summed E-state index contributed by atoms with van der Waals surface area (Å²) in [5, 5.41) is 0. The van der Waals surface area contributed by atoms with Crippen molar-refractivity contribution in [3.8, 4) is 5.75 Å². The van der Waals surface area contributed by atoms with Gasteiger partial charge in [0.1, 0.15) is 5.75 Å². The molecule has 0 unspecified atom stereocenters. The molecule has 0 saturated heterocycles. The Morgan fingerprint density at radius 3 is 2.93 bits per heavy atom. The number of rotatable bonds is 4. The van der Waals surface area contributed by atoms with Crippen LogP contribution >= 0.6 is 0 Å². The summed E-state index contributed by atoms with van der Waals surface area (Å²) < 4.78 is 9.88. The largest absolute Gasteiger partial charge is 0.492 e. The van der Waals surface area contributed by atoms with Crippen molar-refractivity contribution in [3.63, 3.8) is 0 Å². The lowest BCUT2D eigenvalue weighted by atomic mass is 10.3. The first-order chi connectivity index (χ1) is 6.77. The summed E-state index contributed by atoms with van der Waals surface area (Å²) in [5.74, 6) is 0.189. The highest BCUT2D eigenvalue weighted by molar-refractivity contribution is 5.89. The van der Waals surface area contributed by atoms with Crippen LogP contribution in [0.25, 0.3) is 0 Å². The van der Waals surface area contributed by atoms with E-state index in [-0.39, 0.29) is 0 Å². The number of carbonyl (C=O) groups excluding carboxylic acids is 1. The van der Waals surface area contributed by atoms with E-state index in [1.807, 2.05) is 6.92 Å². The second-order valence-electron chi connectivity index (χ2n) is 2.75. The number of hydrogen-bond acceptors (Lipinski definition) is 4. The van der Waals surface area contributed by atoms with Gasteiger partial charge >= 0.3 is 5.97 Å². The first kappa shape index (κ1) is 10.5. The third-order valence-electron chi connectivity index (χ3n) is 1.61. The van der Waals surface area contributed by atoms with Crippen LogP contribution in [0.15, 0.2) is 18.5 Å². The molecular formula is C10H13NO3. The quantitative estimate of drug-likeness (QED) is 0.685. The third-order valence-corrected chi connectivity index (χ3v) is 1.61. The second kappa shape index (κ2) is 5.21. The van der Waals surface area contributed by atoms with Gasteiger partial charge in [0.15, 0.2) is 0 Å². The Morgan fingerprint density at radius 2 is 2.29 bits per heavy atom. The number of methoxy groups -OCH3 is 1. The molecule has 14 heavy (non-hydrogen) atoms. The van der Waals surface area contributed by atoms with Crippen molar-refractivity contribution in [3.05, 3.63) is 24.0 Å². The normalized spacial score (nSPS) is 9.57. The van der Waals surface area contributed by atoms with Gasteiger partial charge in [-0.15, -0.1) is 0 Å². The molecule has 0 aliphatic heterocycles. The molecule has 4 nitrogen and oxygen atoms in total. The summed E-state index contributed by atoms with van der Waals surface area (Å²) in [5.41, 5.74) is 0.404. The molecule has 4 heteroatoms. The molecule has 1 aromatic heterocycles. The molecule has 0 fully saturated rings. The summed E-state index contributed by atoms with van der Waals surface area (Å²) in [6, 6.07) is 1.62. The van der Waals surface area contributed by atoms with E-state index in [2.05, 4.69) is 9.72 Å². The van der Waals surface area contributed by atoms with Gasteiger partial charge in [0, 0.05) is 6.20 Å². The Labute approximate surface area is 82.9 Å². The minimum atomic E-state index is -0.403. The maximum atomic E-state index is 11.1. The van der Waals surface area contributed by atoms with Gasteiger partial charge in [0.2, 0.25) is 0 Å². The molecule has 1 rings (SSSR count). The third kappa shape index (κ3) is 2.73. The molecular weight excluding hydrogens is 182 g/mol. The van der Waals surface area contributed by atoms with Crippen LogP contribution in [0, 0.1) is 0 Å². The van der Waals surface area contributed by atoms with E-state index >= 15 is 0 Å². The zero-order chi connectivity index (χ0) is 10.4. The fourth-order valence-corrected chi connectivity index (χ4v) is 0.947. The molecule has 0 spiro atoms. The van der Waals surface area contributed by atoms with E-state index < -0.39 is 5.97 Å². The number of aromatic nitrogens is 1. The topological polar surface area (TPSA) is 48.4 Å². The molecule has 0 bridgehead atoms. The highest BCUT2D eigenvalue weighted by Gasteiger charge is 2.06. The van der Waals surface area contributed by atoms with Gasteiger partial charge in [-0.05, 0) is 12.5 Å². The molecule has 1 heterocycles. The van der Waals surface area contributed by atoms with Gasteiger partial charge < -0.3 is 9.47 Å². The smallest absolute Gasteiger partial charge is 0.339 e. The molecule has 0 radical (unpaired) electrons. The number of pyridine rings is 1. The van der Waals surface area contributed by atoms with E-state index in [0.29, 0.717) is 17.9 Å². The Balaban J connectivity index is 2.73. The zero-order valence-corrected chi connectivity index (χ0v) is 8.32. The van der Waals surface area contributed by atoms with E-state index in [0.717, 1.165) is 6.42 Å². The van der Waals surface area contributed by atoms with E-state index in [1.165, 1.54) is 13.3 Å². The number of ether oxygens (including phenoxy) is 2. The lowest BCUT2D eigenvalue weighted by molar-refractivity contribution is 0.0599. The van der Waals surface area contributed by atoms with Crippen LogP contribution in [-0.4, -0.2) is 24.7 Å². The summed E-state index contributed by atoms with van der Waals surface area (Å²) in [6.45, 7) is 2.63. The van der Waals surface area contributed by atoms with Crippen LogP contribution in [0.3, 0.4) is 0 Å². The highest BCUT2D eigenvalue weighted by Crippen LogP contribution is 2.11. The molecule has 0 aliphatic rings. The summed E-state index contributed by atoms with van der Waals surface area (Å²) in [7, 11) is 1.34. The minimum absolute atomic E-state index is 0.403. The van der Waals surface area contributed by atoms with Crippen molar-refractivity contribution < 1.29 is 14.3 Å². The van der Waals surface area contributed by atoms with Crippen LogP contribution in [0.1, 0.15) is 23.7 Å². The Bertz CT molecular complexity index is 312. The van der Waals surface area contributed by atoms with E-state index in [4.69, 9.17) is 4.74 Å². The standard InChI is InChI=1S/C10H13NO3/c1-3-4-14-9-5-8(6-11-7-9)10(12)13-2/h5-7H,3-4H2,1-2H3. The lowest BCUT2D eigenvalue weighted by Gasteiger charge is -2.04. The number of nitrogens with zero attached hydrogens (tertiary/aromatic N) is 1. The van der Waals surface area contributed by atoms with Crippen LogP contribution < -0.4 is 4.74 Å². The first-order valence-electron chi connectivity index (χ1n) is 4.44. The molecule has 0 saturated carbocycles. The summed E-state index contributed by atoms with van der Waals surface area (Å²) in [4.78, 5) is 15.0. The van der Waals surface area contributed by atoms with Gasteiger partial charge in [0.25, 0.3) is 0 Å². The average Bonchev–Trinajstić information content (AvgIpc) is 2.25. The first-order valence-corrected chi connectivity index (χ1v) is 4.44. The molecule has 0 amide bonds. The minimum Gasteiger partial charge on any atom is -0.492 e. The van der Waals surface area contributed by atoms with Crippen molar-refractivity contribution in [2.45, 2.75) is 13.3 Å². The molecule has 0 aromatic carbocycles. The van der Waals surface area contributed by atoms with Gasteiger partial charge in [-0.3, -0.25) is 4.98 Å². The van der Waals surface area contributed by atoms with Crippen molar-refractivity contribution in [1.82, 2.24) is 4.98 Å². The van der Waals surface area contributed by atoms with Gasteiger partial charge in [-0.25, -0.2) is 4.79 Å². The monoisotopic (exact) mass is 195 g/mol. The average molecular weight is 195 g/mol. The Hall–Kier alpha value is -1.58. The van der Waals surface area contributed by atoms with Crippen LogP contribution in [0.2, 0.25) is 0 Å². The number of carbonyl (C=O) groups is 1. The van der Waals surface area contributed by atoms with Gasteiger partial charge in [0.05, 0.1) is 25.5 Å². The van der Waals surface area contributed by atoms with Crippen molar-refractivity contribution in [1.29, 1.82) is 0 Å². The van der Waals surface area contributed by atoms with Crippen LogP contribution in [0.5, 0.6) is 5.75 Å². The maximum Gasteiger partial charge on any atom is 0.339 e. The lowest BCUT2D eigenvalue weighted by Crippen LogP contribution is -2.03. The predicted octanol–water partition coefficient (Wildman–Crippen LogP) is 1.66. The zero-order valence-electron chi connectivity index (χ0n) is 8.32. The number of esters is 1. The molecule has 0 N–H and O–H groups in total. The Morgan fingerprint density at radius 1 is 1.50 bits per heavy atom. The summed E-state index contributed by atoms with van der Waals surface area (Å²) >= 11 is 0. The summed E-state index contributed by atoms with van der Waals surface area (Å²) in [6.07, 6.45) is 3.94. The maximum absolute atomic E-state index is 11.1. The predicted molar refractivity (Wildman–Crippen MR) is 51.4 cm³/mol. The second-order valence-corrected chi connectivity index (χ2v) is 2.75. The number of hydrogen-bond donors (Lipinski definition) is 0. The van der Waals surface area contributed by atoms with Crippen LogP contribution in [-0.2, 0) is 4.74 Å². The van der Waals surface area contributed by atoms with E-state index in [1.54, 1.807) is 12.3 Å². The molecule has 0 atom stereocenters. The van der Waals surface area contributed by atoms with Crippen LogP contribution in [0.4, 0.5) is 0 Å². The Kier molecular flexibility index (Phi) is 3.91. The molecule has 76 valence electrons. The fraction of sp³-hybridized carbons (Fsp3) is 0.400. The highest BCUT2D eigenvalue weighted by atomic mass is 16.5. The van der Waals surface area contributed by atoms with Crippen molar-refractivity contribution >= 4 is 5.97 Å². The molecule has 0 aliphatic carbocycles. The van der Waals surface area contributed by atoms with Gasteiger partial charge in [-0.1, -0.05) is 6.92 Å². The van der Waals surface area contributed by atoms with Crippen molar-refractivity contribution in [2.75, 3.05) is 13.7 Å².